The third-order valence-electron chi connectivity index (χ3n) is 5.22. The number of carbonyl (C=O) groups excluding carboxylic acids is 1. The quantitative estimate of drug-likeness (QED) is 0.174. The van der Waals surface area contributed by atoms with Crippen molar-refractivity contribution in [2.24, 2.45) is 5.10 Å². The van der Waals surface area contributed by atoms with Crippen molar-refractivity contribution in [1.29, 1.82) is 0 Å². The Bertz CT molecular complexity index is 1260. The molecule has 0 spiro atoms. The average molecular weight is 549 g/mol. The molecule has 0 fully saturated rings. The van der Waals surface area contributed by atoms with Crippen LogP contribution in [0.1, 0.15) is 32.9 Å². The van der Waals surface area contributed by atoms with E-state index in [1.807, 2.05) is 56.3 Å². The molecule has 1 heterocycles. The molecule has 0 aliphatic carbocycles. The first-order chi connectivity index (χ1) is 16.0. The fourth-order valence-electron chi connectivity index (χ4n) is 3.49. The van der Waals surface area contributed by atoms with Gasteiger partial charge in [-0.1, -0.05) is 18.2 Å². The summed E-state index contributed by atoms with van der Waals surface area (Å²) in [5, 5.41) is 4.10. The number of rotatable bonds is 7. The second-order valence-electron chi connectivity index (χ2n) is 7.69. The second-order valence-corrected chi connectivity index (χ2v) is 8.93. The van der Waals surface area contributed by atoms with Gasteiger partial charge in [0.2, 0.25) is 0 Å². The summed E-state index contributed by atoms with van der Waals surface area (Å²) >= 11 is 2.28. The molecular formula is C27H24IN3O2. The number of amides is 1. The van der Waals surface area contributed by atoms with Gasteiger partial charge in [-0.05, 0) is 114 Å². The number of hydrazone groups is 1. The van der Waals surface area contributed by atoms with Gasteiger partial charge in [-0.25, -0.2) is 5.43 Å². The Morgan fingerprint density at radius 2 is 1.67 bits per heavy atom. The van der Waals surface area contributed by atoms with E-state index in [2.05, 4.69) is 74.1 Å². The summed E-state index contributed by atoms with van der Waals surface area (Å²) < 4.78 is 9.14. The van der Waals surface area contributed by atoms with E-state index in [-0.39, 0.29) is 5.91 Å². The van der Waals surface area contributed by atoms with Crippen LogP contribution >= 0.6 is 22.6 Å². The molecule has 6 heteroatoms. The minimum Gasteiger partial charge on any atom is -0.489 e. The van der Waals surface area contributed by atoms with Crippen LogP contribution in [0.2, 0.25) is 0 Å². The molecule has 1 N–H and O–H groups in total. The third-order valence-corrected chi connectivity index (χ3v) is 5.94. The van der Waals surface area contributed by atoms with Crippen molar-refractivity contribution in [2.45, 2.75) is 20.5 Å². The molecule has 1 aromatic heterocycles. The zero-order valence-corrected chi connectivity index (χ0v) is 20.6. The van der Waals surface area contributed by atoms with Crippen LogP contribution in [0.4, 0.5) is 0 Å². The first-order valence-electron chi connectivity index (χ1n) is 10.6. The Morgan fingerprint density at radius 1 is 0.970 bits per heavy atom. The molecule has 5 nitrogen and oxygen atoms in total. The Hall–Kier alpha value is -3.39. The summed E-state index contributed by atoms with van der Waals surface area (Å²) in [5.41, 5.74) is 8.33. The van der Waals surface area contributed by atoms with Crippen LogP contribution in [-0.2, 0) is 6.61 Å². The third kappa shape index (κ3) is 5.90. The van der Waals surface area contributed by atoms with Crippen LogP contribution in [0.15, 0.2) is 90.0 Å². The normalized spacial score (nSPS) is 11.0. The molecule has 0 aliphatic rings. The van der Waals surface area contributed by atoms with Crippen molar-refractivity contribution in [3.8, 4) is 11.4 Å². The van der Waals surface area contributed by atoms with Gasteiger partial charge in [0.1, 0.15) is 12.4 Å². The maximum atomic E-state index is 12.6. The lowest BCUT2D eigenvalue weighted by molar-refractivity contribution is 0.0955. The molecule has 4 rings (SSSR count). The molecule has 3 aromatic carbocycles. The summed E-state index contributed by atoms with van der Waals surface area (Å²) in [7, 11) is 0. The van der Waals surface area contributed by atoms with Gasteiger partial charge in [0, 0.05) is 26.2 Å². The Balaban J connectivity index is 1.34. The number of aryl methyl sites for hydroxylation is 2. The number of aromatic nitrogens is 1. The van der Waals surface area contributed by atoms with Crippen molar-refractivity contribution in [1.82, 2.24) is 9.99 Å². The number of hydrogen-bond acceptors (Lipinski definition) is 3. The predicted octanol–water partition coefficient (Wildman–Crippen LogP) is 6.04. The van der Waals surface area contributed by atoms with Gasteiger partial charge in [0.15, 0.2) is 0 Å². The first kappa shape index (κ1) is 22.8. The second kappa shape index (κ2) is 10.5. The highest BCUT2D eigenvalue weighted by molar-refractivity contribution is 14.1. The maximum Gasteiger partial charge on any atom is 0.271 e. The molecule has 0 atom stereocenters. The van der Waals surface area contributed by atoms with Crippen LogP contribution in [0, 0.1) is 17.4 Å². The number of halogens is 1. The molecule has 0 saturated heterocycles. The van der Waals surface area contributed by atoms with Crippen molar-refractivity contribution in [3.63, 3.8) is 0 Å². The molecule has 4 aromatic rings. The smallest absolute Gasteiger partial charge is 0.271 e. The van der Waals surface area contributed by atoms with Crippen molar-refractivity contribution in [2.75, 3.05) is 0 Å². The summed E-state index contributed by atoms with van der Waals surface area (Å²) in [4.78, 5) is 12.6. The summed E-state index contributed by atoms with van der Waals surface area (Å²) in [6, 6.07) is 27.4. The maximum absolute atomic E-state index is 12.6. The van der Waals surface area contributed by atoms with Crippen molar-refractivity contribution >= 4 is 34.7 Å². The van der Waals surface area contributed by atoms with Crippen LogP contribution in [0.3, 0.4) is 0 Å². The summed E-state index contributed by atoms with van der Waals surface area (Å²) in [6.07, 6.45) is 1.62. The zero-order valence-electron chi connectivity index (χ0n) is 18.5. The molecule has 0 unspecified atom stereocenters. The number of hydrogen-bond donors (Lipinski definition) is 1. The lowest BCUT2D eigenvalue weighted by Gasteiger charge is -2.10. The van der Waals surface area contributed by atoms with Gasteiger partial charge in [-0.15, -0.1) is 0 Å². The van der Waals surface area contributed by atoms with Gasteiger partial charge < -0.3 is 9.30 Å². The molecule has 0 bridgehead atoms. The van der Waals surface area contributed by atoms with Gasteiger partial charge in [0.25, 0.3) is 5.91 Å². The lowest BCUT2D eigenvalue weighted by atomic mass is 10.2. The van der Waals surface area contributed by atoms with E-state index in [0.29, 0.717) is 12.2 Å². The highest BCUT2D eigenvalue weighted by atomic mass is 127. The summed E-state index contributed by atoms with van der Waals surface area (Å²) in [5.74, 6) is 0.523. The lowest BCUT2D eigenvalue weighted by Crippen LogP contribution is -2.18. The largest absolute Gasteiger partial charge is 0.489 e. The number of nitrogens with zero attached hydrogens (tertiary/aromatic N) is 2. The van der Waals surface area contributed by atoms with Gasteiger partial charge >= 0.3 is 0 Å². The molecule has 0 radical (unpaired) electrons. The molecule has 166 valence electrons. The number of nitrogens with one attached hydrogen (secondary N) is 1. The topological polar surface area (TPSA) is 55.6 Å². The van der Waals surface area contributed by atoms with Crippen LogP contribution < -0.4 is 10.2 Å². The molecule has 1 amide bonds. The molecule has 0 saturated carbocycles. The summed E-state index contributed by atoms with van der Waals surface area (Å²) in [6.45, 7) is 4.60. The Kier molecular flexibility index (Phi) is 7.24. The van der Waals surface area contributed by atoms with E-state index in [9.17, 15) is 4.79 Å². The zero-order chi connectivity index (χ0) is 23.2. The van der Waals surface area contributed by atoms with E-state index >= 15 is 0 Å². The fourth-order valence-corrected chi connectivity index (χ4v) is 3.85. The van der Waals surface area contributed by atoms with Gasteiger partial charge in [-0.2, -0.15) is 5.10 Å². The predicted molar refractivity (Wildman–Crippen MR) is 140 cm³/mol. The number of benzene rings is 3. The first-order valence-corrected chi connectivity index (χ1v) is 11.6. The van der Waals surface area contributed by atoms with Crippen LogP contribution in [0.5, 0.6) is 5.75 Å². The van der Waals surface area contributed by atoms with Gasteiger partial charge in [-0.3, -0.25) is 4.79 Å². The Labute approximate surface area is 207 Å². The molecular weight excluding hydrogens is 525 g/mol. The number of ether oxygens (including phenoxy) is 1. The SMILES string of the molecule is Cc1ccc(C)n1-c1cccc(C(=O)N/N=C\c2ccc(OCc3ccc(I)cc3)cc2)c1. The highest BCUT2D eigenvalue weighted by Crippen LogP contribution is 2.18. The minimum absolute atomic E-state index is 0.256. The van der Waals surface area contributed by atoms with Gasteiger partial charge in [0.05, 0.1) is 6.21 Å². The van der Waals surface area contributed by atoms with E-state index in [4.69, 9.17) is 4.74 Å². The standard InChI is InChI=1S/C27H24IN3O2/c1-19-6-7-20(2)31(19)25-5-3-4-23(16-25)27(32)30-29-17-21-10-14-26(15-11-21)33-18-22-8-12-24(28)13-9-22/h3-17H,18H2,1-2H3,(H,30,32)/b29-17-. The monoisotopic (exact) mass is 549 g/mol. The van der Waals surface area contributed by atoms with E-state index < -0.39 is 0 Å². The Morgan fingerprint density at radius 3 is 2.36 bits per heavy atom. The molecule has 33 heavy (non-hydrogen) atoms. The van der Waals surface area contributed by atoms with Crippen molar-refractivity contribution < 1.29 is 9.53 Å². The molecule has 0 aliphatic heterocycles. The average Bonchev–Trinajstić information content (AvgIpc) is 3.17. The van der Waals surface area contributed by atoms with Crippen molar-refractivity contribution in [3.05, 3.63) is 117 Å². The van der Waals surface area contributed by atoms with E-state index in [1.165, 1.54) is 3.57 Å². The van der Waals surface area contributed by atoms with E-state index in [0.717, 1.165) is 34.0 Å². The fraction of sp³-hybridized carbons (Fsp3) is 0.111. The minimum atomic E-state index is -0.256. The van der Waals surface area contributed by atoms with Crippen LogP contribution in [0.25, 0.3) is 5.69 Å². The highest BCUT2D eigenvalue weighted by Gasteiger charge is 2.08. The van der Waals surface area contributed by atoms with Crippen LogP contribution in [-0.4, -0.2) is 16.7 Å². The van der Waals surface area contributed by atoms with E-state index in [1.54, 1.807) is 12.3 Å². The number of carbonyl (C=O) groups is 1.